The van der Waals surface area contributed by atoms with Gasteiger partial charge in [0.15, 0.2) is 23.0 Å². The number of rotatable bonds is 7. The standard InChI is InChI=1S/C78H70BN3O2/c1-76(2,3)54-23-25-66(60(33-54)53-15-7-4-8-16-53)81-68-40-73-72(83-70-21-13-14-22-71(70)84-73)39-65(68)79-74-62(37-59(38-69(74)81)80(57-17-9-5-10-18-57)58-19-11-6-12-20-58)64-36-56(78-44-50-30-51(45-78)32-52(31-50)46-78)35-63-61-34-55(24-26-67(61)82(79)75(63)64)77-41-47-27-48(42-77)29-49(28-47)43-77/h4-26,33-40,47-52H,27-32,41-46H2,1-3H3. The Balaban J connectivity index is 0.950. The molecule has 10 aromatic rings. The average Bonchev–Trinajstić information content (AvgIpc) is 1.89. The maximum Gasteiger partial charge on any atom is 0.333 e. The van der Waals surface area contributed by atoms with Crippen molar-refractivity contribution in [2.45, 2.75) is 114 Å². The van der Waals surface area contributed by atoms with Gasteiger partial charge in [0.25, 0.3) is 0 Å². The van der Waals surface area contributed by atoms with Crippen LogP contribution >= 0.6 is 0 Å². The molecule has 9 aromatic carbocycles. The van der Waals surface area contributed by atoms with Crippen LogP contribution in [0.25, 0.3) is 44.1 Å². The zero-order valence-electron chi connectivity index (χ0n) is 48.6. The van der Waals surface area contributed by atoms with Crippen LogP contribution < -0.4 is 30.2 Å². The van der Waals surface area contributed by atoms with Crippen molar-refractivity contribution >= 4 is 73.7 Å². The van der Waals surface area contributed by atoms with E-state index in [9.17, 15) is 0 Å². The van der Waals surface area contributed by atoms with E-state index in [0.717, 1.165) is 86.9 Å². The van der Waals surface area contributed by atoms with Crippen LogP contribution in [0.5, 0.6) is 23.0 Å². The van der Waals surface area contributed by atoms with Gasteiger partial charge in [-0.3, -0.25) is 0 Å². The highest BCUT2D eigenvalue weighted by atomic mass is 16.6. The molecule has 84 heavy (non-hydrogen) atoms. The molecule has 8 saturated carbocycles. The van der Waals surface area contributed by atoms with Crippen LogP contribution in [-0.4, -0.2) is 11.3 Å². The second kappa shape index (κ2) is 17.3. The van der Waals surface area contributed by atoms with Crippen molar-refractivity contribution in [1.29, 1.82) is 0 Å². The molecular formula is C78H70BN3O2. The van der Waals surface area contributed by atoms with Gasteiger partial charge in [-0.1, -0.05) is 112 Å². The van der Waals surface area contributed by atoms with Gasteiger partial charge < -0.3 is 23.8 Å². The lowest BCUT2D eigenvalue weighted by atomic mass is 9.44. The lowest BCUT2D eigenvalue weighted by molar-refractivity contribution is -0.00527. The molecule has 412 valence electrons. The van der Waals surface area contributed by atoms with Crippen molar-refractivity contribution in [2.24, 2.45) is 35.5 Å². The first-order chi connectivity index (χ1) is 41.1. The van der Waals surface area contributed by atoms with E-state index >= 15 is 0 Å². The largest absolute Gasteiger partial charge is 0.450 e. The van der Waals surface area contributed by atoms with Crippen LogP contribution in [0.15, 0.2) is 188 Å². The van der Waals surface area contributed by atoms with E-state index in [1.54, 1.807) is 11.1 Å². The van der Waals surface area contributed by atoms with E-state index in [1.165, 1.54) is 143 Å². The van der Waals surface area contributed by atoms with Gasteiger partial charge >= 0.3 is 6.85 Å². The van der Waals surface area contributed by atoms with Gasteiger partial charge in [0.05, 0.1) is 5.69 Å². The van der Waals surface area contributed by atoms with Gasteiger partial charge in [-0.15, -0.1) is 0 Å². The quantitative estimate of drug-likeness (QED) is 0.149. The normalized spacial score (nSPS) is 25.9. The Morgan fingerprint density at radius 2 is 0.988 bits per heavy atom. The van der Waals surface area contributed by atoms with E-state index in [2.05, 4.69) is 199 Å². The van der Waals surface area contributed by atoms with E-state index in [4.69, 9.17) is 9.47 Å². The number of fused-ring (bicyclic) bond motifs is 9. The van der Waals surface area contributed by atoms with Gasteiger partial charge in [0.2, 0.25) is 0 Å². The molecule has 0 unspecified atom stereocenters. The predicted octanol–water partition coefficient (Wildman–Crippen LogP) is 19.5. The number of ether oxygens (including phenoxy) is 2. The molecule has 0 amide bonds. The minimum absolute atomic E-state index is 0.0793. The van der Waals surface area contributed by atoms with E-state index in [-0.39, 0.29) is 23.1 Å². The Hall–Kier alpha value is -7.96. The van der Waals surface area contributed by atoms with Crippen LogP contribution in [0.4, 0.5) is 34.1 Å². The summed E-state index contributed by atoms with van der Waals surface area (Å²) in [4.78, 5) is 5.13. The van der Waals surface area contributed by atoms with Crippen molar-refractivity contribution in [2.75, 3.05) is 9.80 Å². The summed E-state index contributed by atoms with van der Waals surface area (Å²) < 4.78 is 16.9. The minimum atomic E-state index is -0.194. The van der Waals surface area contributed by atoms with Crippen LogP contribution in [0.3, 0.4) is 0 Å². The molecular weight excluding hydrogens is 1020 g/mol. The fourth-order valence-electron chi connectivity index (χ4n) is 20.1. The average molecular weight is 1090 g/mol. The Kier molecular flexibility index (Phi) is 9.99. The van der Waals surface area contributed by atoms with E-state index in [1.807, 2.05) is 24.3 Å². The predicted molar refractivity (Wildman–Crippen MR) is 345 cm³/mol. The summed E-state index contributed by atoms with van der Waals surface area (Å²) in [7, 11) is 0. The maximum absolute atomic E-state index is 7.03. The molecule has 8 bridgehead atoms. The van der Waals surface area contributed by atoms with Crippen LogP contribution in [-0.2, 0) is 16.2 Å². The molecule has 8 aliphatic carbocycles. The minimum Gasteiger partial charge on any atom is -0.450 e. The van der Waals surface area contributed by atoms with E-state index in [0.29, 0.717) is 0 Å². The highest BCUT2D eigenvalue weighted by molar-refractivity contribution is 6.90. The summed E-state index contributed by atoms with van der Waals surface area (Å²) in [6, 6.07) is 72.0. The number of hydrogen-bond donors (Lipinski definition) is 0. The number of benzene rings is 9. The Labute approximate surface area is 494 Å². The van der Waals surface area contributed by atoms with Gasteiger partial charge in [-0.05, 0) is 259 Å². The monoisotopic (exact) mass is 1090 g/mol. The Bertz CT molecular complexity index is 4290. The molecule has 0 spiro atoms. The van der Waals surface area contributed by atoms with Gasteiger partial charge in [0, 0.05) is 67.4 Å². The summed E-state index contributed by atoms with van der Waals surface area (Å²) in [5.41, 5.74) is 22.0. The zero-order valence-corrected chi connectivity index (χ0v) is 48.6. The van der Waals surface area contributed by atoms with Crippen molar-refractivity contribution < 1.29 is 9.47 Å². The van der Waals surface area contributed by atoms with Crippen LogP contribution in [0, 0.1) is 35.5 Å². The summed E-state index contributed by atoms with van der Waals surface area (Å²) in [5, 5.41) is 2.88. The van der Waals surface area contributed by atoms with Crippen LogP contribution in [0.2, 0.25) is 0 Å². The number of aromatic nitrogens is 1. The number of nitrogens with zero attached hydrogens (tertiary/aromatic N) is 3. The molecule has 6 heteroatoms. The highest BCUT2D eigenvalue weighted by Crippen LogP contribution is 2.64. The second-order valence-corrected chi connectivity index (χ2v) is 28.9. The van der Waals surface area contributed by atoms with Crippen molar-refractivity contribution in [3.05, 3.63) is 205 Å². The summed E-state index contributed by atoms with van der Waals surface area (Å²) >= 11 is 0. The molecule has 0 saturated heterocycles. The summed E-state index contributed by atoms with van der Waals surface area (Å²) in [6.45, 7) is 6.82. The molecule has 0 atom stereocenters. The molecule has 8 fully saturated rings. The number of hydrogen-bond acceptors (Lipinski definition) is 4. The fourth-order valence-corrected chi connectivity index (χ4v) is 20.1. The molecule has 0 N–H and O–H groups in total. The molecule has 5 nitrogen and oxygen atoms in total. The SMILES string of the molecule is CC(C)(C)c1ccc(N2c3cc4c(cc3B3c5c(cc(N(c6ccccc6)c6ccccc6)cc52)-c2cc(C56CC7CC(CC(C7)C5)C6)cc5c6cc(C78CC9CC(CC(C9)C7)C8)ccc6n3c25)Oc2ccccc2O4)c(-c2ccccc2)c1. The molecule has 1 aromatic heterocycles. The first-order valence-electron chi connectivity index (χ1n) is 31.9. The molecule has 21 rings (SSSR count). The van der Waals surface area contributed by atoms with Gasteiger partial charge in [-0.2, -0.15) is 0 Å². The van der Waals surface area contributed by atoms with E-state index < -0.39 is 0 Å². The topological polar surface area (TPSA) is 29.9 Å². The smallest absolute Gasteiger partial charge is 0.333 e. The second-order valence-electron chi connectivity index (χ2n) is 28.9. The van der Waals surface area contributed by atoms with Crippen molar-refractivity contribution in [3.8, 4) is 45.3 Å². The third-order valence-corrected chi connectivity index (χ3v) is 22.8. The summed E-state index contributed by atoms with van der Waals surface area (Å²) in [6.07, 6.45) is 16.6. The lowest BCUT2D eigenvalue weighted by Crippen LogP contribution is -2.57. The highest BCUT2D eigenvalue weighted by Gasteiger charge is 2.54. The van der Waals surface area contributed by atoms with Crippen molar-refractivity contribution in [3.63, 3.8) is 0 Å². The summed E-state index contributed by atoms with van der Waals surface area (Å²) in [5.74, 6) is 8.04. The molecule has 4 heterocycles. The third-order valence-electron chi connectivity index (χ3n) is 22.8. The first kappa shape index (κ1) is 48.4. The first-order valence-corrected chi connectivity index (χ1v) is 31.9. The van der Waals surface area contributed by atoms with Crippen molar-refractivity contribution in [1.82, 2.24) is 4.48 Å². The number of anilines is 6. The Morgan fingerprint density at radius 3 is 1.58 bits per heavy atom. The fraction of sp³-hybridized carbons (Fsp3) is 0.308. The van der Waals surface area contributed by atoms with Gasteiger partial charge in [-0.25, -0.2) is 0 Å². The molecule has 3 aliphatic heterocycles. The maximum atomic E-state index is 7.03. The molecule has 0 radical (unpaired) electrons. The van der Waals surface area contributed by atoms with Gasteiger partial charge in [0.1, 0.15) is 0 Å². The van der Waals surface area contributed by atoms with Crippen LogP contribution in [0.1, 0.15) is 115 Å². The zero-order chi connectivity index (χ0) is 55.4. The Morgan fingerprint density at radius 1 is 0.440 bits per heavy atom. The number of para-hydroxylation sites is 4. The third kappa shape index (κ3) is 7.03. The molecule has 11 aliphatic rings. The lowest BCUT2D eigenvalue weighted by Gasteiger charge is -2.57.